The number of benzene rings is 2. The molecular formula is C22H19N3OS. The highest BCUT2D eigenvalue weighted by Gasteiger charge is 2.19. The van der Waals surface area contributed by atoms with Crippen molar-refractivity contribution >= 4 is 33.7 Å². The van der Waals surface area contributed by atoms with E-state index in [0.717, 1.165) is 22.4 Å². The van der Waals surface area contributed by atoms with Crippen LogP contribution < -0.4 is 5.32 Å². The normalized spacial score (nSPS) is 13.2. The van der Waals surface area contributed by atoms with Gasteiger partial charge in [0.1, 0.15) is 5.71 Å². The van der Waals surface area contributed by atoms with Crippen molar-refractivity contribution in [2.24, 2.45) is 4.99 Å². The zero-order chi connectivity index (χ0) is 18.6. The molecule has 0 saturated heterocycles. The number of carbonyl (C=O) groups is 1. The van der Waals surface area contributed by atoms with Crippen LogP contribution in [0.1, 0.15) is 28.0 Å². The molecule has 1 amide bonds. The fourth-order valence-electron chi connectivity index (χ4n) is 2.92. The van der Waals surface area contributed by atoms with E-state index in [-0.39, 0.29) is 5.91 Å². The van der Waals surface area contributed by atoms with Gasteiger partial charge in [-0.3, -0.25) is 15.1 Å². The first-order valence-corrected chi connectivity index (χ1v) is 9.62. The summed E-state index contributed by atoms with van der Waals surface area (Å²) in [5.41, 5.74) is 5.15. The minimum absolute atomic E-state index is 0.187. The molecule has 0 spiro atoms. The zero-order valence-electron chi connectivity index (χ0n) is 15.0. The molecule has 0 radical (unpaired) electrons. The van der Waals surface area contributed by atoms with E-state index in [1.165, 1.54) is 22.5 Å². The predicted molar refractivity (Wildman–Crippen MR) is 111 cm³/mol. The number of rotatable bonds is 5. The summed E-state index contributed by atoms with van der Waals surface area (Å²) in [6.45, 7) is 2.08. The summed E-state index contributed by atoms with van der Waals surface area (Å²) < 4.78 is 0. The second-order valence-electron chi connectivity index (χ2n) is 6.52. The van der Waals surface area contributed by atoms with Gasteiger partial charge in [-0.15, -0.1) is 11.3 Å². The summed E-state index contributed by atoms with van der Waals surface area (Å²) in [4.78, 5) is 22.2. The van der Waals surface area contributed by atoms with Gasteiger partial charge in [0.15, 0.2) is 5.13 Å². The maximum atomic E-state index is 12.5. The van der Waals surface area contributed by atoms with Crippen molar-refractivity contribution in [2.75, 3.05) is 5.32 Å². The van der Waals surface area contributed by atoms with Crippen LogP contribution in [0.15, 0.2) is 72.0 Å². The van der Waals surface area contributed by atoms with Gasteiger partial charge in [-0.25, -0.2) is 4.98 Å². The topological polar surface area (TPSA) is 54.4 Å². The first kappa shape index (κ1) is 17.4. The lowest BCUT2D eigenvalue weighted by Gasteiger charge is -2.03. The summed E-state index contributed by atoms with van der Waals surface area (Å²) in [5.74, 6) is -0.187. The average Bonchev–Trinajstić information content (AvgIpc) is 3.34. The Labute approximate surface area is 162 Å². The number of allylic oxidation sites excluding steroid dienone is 1. The number of nitrogens with zero attached hydrogens (tertiary/aromatic N) is 2. The van der Waals surface area contributed by atoms with Gasteiger partial charge >= 0.3 is 0 Å². The second-order valence-corrected chi connectivity index (χ2v) is 7.64. The van der Waals surface area contributed by atoms with Crippen LogP contribution in [0.5, 0.6) is 0 Å². The third-order valence-corrected chi connectivity index (χ3v) is 5.33. The van der Waals surface area contributed by atoms with Crippen molar-refractivity contribution in [1.82, 2.24) is 4.98 Å². The number of anilines is 1. The number of thiazole rings is 1. The molecule has 3 aromatic rings. The van der Waals surface area contributed by atoms with E-state index in [1.807, 2.05) is 36.5 Å². The van der Waals surface area contributed by atoms with E-state index in [1.54, 1.807) is 6.20 Å². The van der Waals surface area contributed by atoms with E-state index >= 15 is 0 Å². The smallest absolute Gasteiger partial charge is 0.272 e. The van der Waals surface area contributed by atoms with Gasteiger partial charge in [-0.2, -0.15) is 0 Å². The molecule has 4 nitrogen and oxygen atoms in total. The van der Waals surface area contributed by atoms with Crippen molar-refractivity contribution in [1.29, 1.82) is 0 Å². The van der Waals surface area contributed by atoms with Crippen LogP contribution in [0.4, 0.5) is 5.13 Å². The first-order chi connectivity index (χ1) is 13.2. The maximum Gasteiger partial charge on any atom is 0.272 e. The number of aromatic nitrogens is 1. The van der Waals surface area contributed by atoms with Gasteiger partial charge in [0.2, 0.25) is 0 Å². The Morgan fingerprint density at radius 1 is 1.11 bits per heavy atom. The summed E-state index contributed by atoms with van der Waals surface area (Å²) >= 11 is 1.50. The van der Waals surface area contributed by atoms with Gasteiger partial charge in [-0.05, 0) is 23.6 Å². The lowest BCUT2D eigenvalue weighted by molar-refractivity contribution is -0.110. The lowest BCUT2D eigenvalue weighted by atomic mass is 10.0. The van der Waals surface area contributed by atoms with E-state index < -0.39 is 0 Å². The summed E-state index contributed by atoms with van der Waals surface area (Å²) in [6, 6.07) is 18.5. The van der Waals surface area contributed by atoms with Crippen molar-refractivity contribution in [3.8, 4) is 0 Å². The summed E-state index contributed by atoms with van der Waals surface area (Å²) in [7, 11) is 0. The first-order valence-electron chi connectivity index (χ1n) is 8.80. The van der Waals surface area contributed by atoms with Gasteiger partial charge in [0, 0.05) is 30.1 Å². The van der Waals surface area contributed by atoms with Crippen molar-refractivity contribution < 1.29 is 4.79 Å². The molecule has 1 aliphatic rings. The van der Waals surface area contributed by atoms with Crippen LogP contribution in [-0.4, -0.2) is 16.6 Å². The zero-order valence-corrected chi connectivity index (χ0v) is 15.8. The molecular weight excluding hydrogens is 354 g/mol. The number of amides is 1. The molecule has 0 bridgehead atoms. The average molecular weight is 373 g/mol. The Morgan fingerprint density at radius 3 is 2.67 bits per heavy atom. The molecule has 0 saturated carbocycles. The predicted octanol–water partition coefficient (Wildman–Crippen LogP) is 4.87. The van der Waals surface area contributed by atoms with E-state index in [9.17, 15) is 4.79 Å². The van der Waals surface area contributed by atoms with Crippen molar-refractivity contribution in [3.63, 3.8) is 0 Å². The Kier molecular flexibility index (Phi) is 4.94. The number of hydrogen-bond donors (Lipinski definition) is 1. The number of carbonyl (C=O) groups excluding carboxylic acids is 1. The molecule has 0 aliphatic carbocycles. The second kappa shape index (κ2) is 7.68. The Balaban J connectivity index is 1.35. The molecule has 5 heteroatoms. The van der Waals surface area contributed by atoms with Crippen LogP contribution in [0.25, 0.3) is 5.57 Å². The number of aliphatic imine (C=N–C) groups is 1. The number of aryl methyl sites for hydroxylation is 1. The minimum atomic E-state index is -0.187. The fraction of sp³-hybridized carbons (Fsp3) is 0.136. The standard InChI is InChI=1S/C22H19N3OS/c1-15-7-9-16(10-8-15)11-19-14-24-22(27-19)25-21(26)20-12-18(13-23-20)17-5-3-2-4-6-17/h2-10,13-14H,11-12H2,1H3,(H,24,25,26). The van der Waals surface area contributed by atoms with E-state index in [4.69, 9.17) is 0 Å². The Bertz CT molecular complexity index is 1020. The molecule has 1 N–H and O–H groups in total. The molecule has 0 atom stereocenters. The number of hydrogen-bond acceptors (Lipinski definition) is 4. The molecule has 1 aliphatic heterocycles. The third-order valence-electron chi connectivity index (χ3n) is 4.41. The molecule has 4 rings (SSSR count). The quantitative estimate of drug-likeness (QED) is 0.694. The van der Waals surface area contributed by atoms with Gasteiger partial charge in [-0.1, -0.05) is 60.2 Å². The highest BCUT2D eigenvalue weighted by atomic mass is 32.1. The van der Waals surface area contributed by atoms with Gasteiger partial charge < -0.3 is 0 Å². The van der Waals surface area contributed by atoms with Crippen molar-refractivity contribution in [2.45, 2.75) is 19.8 Å². The summed E-state index contributed by atoms with van der Waals surface area (Å²) in [6.07, 6.45) is 4.95. The fourth-order valence-corrected chi connectivity index (χ4v) is 3.76. The van der Waals surface area contributed by atoms with E-state index in [0.29, 0.717) is 17.3 Å². The van der Waals surface area contributed by atoms with Crippen LogP contribution >= 0.6 is 11.3 Å². The molecule has 0 unspecified atom stereocenters. The maximum absolute atomic E-state index is 12.5. The minimum Gasteiger partial charge on any atom is -0.297 e. The largest absolute Gasteiger partial charge is 0.297 e. The molecule has 2 aromatic carbocycles. The molecule has 1 aromatic heterocycles. The van der Waals surface area contributed by atoms with Crippen LogP contribution in [0.3, 0.4) is 0 Å². The van der Waals surface area contributed by atoms with Gasteiger partial charge in [0.05, 0.1) is 0 Å². The molecule has 27 heavy (non-hydrogen) atoms. The van der Waals surface area contributed by atoms with Crippen LogP contribution in [-0.2, 0) is 11.2 Å². The third kappa shape index (κ3) is 4.20. The Hall–Kier alpha value is -3.05. The Morgan fingerprint density at radius 2 is 1.89 bits per heavy atom. The van der Waals surface area contributed by atoms with Crippen LogP contribution in [0, 0.1) is 6.92 Å². The highest BCUT2D eigenvalue weighted by molar-refractivity contribution is 7.15. The SMILES string of the molecule is Cc1ccc(Cc2cnc(NC(=O)C3=NC=C(c4ccccc4)C3)s2)cc1. The van der Waals surface area contributed by atoms with Crippen molar-refractivity contribution in [3.05, 3.63) is 88.6 Å². The summed E-state index contributed by atoms with van der Waals surface area (Å²) in [5, 5.41) is 3.48. The van der Waals surface area contributed by atoms with Crippen LogP contribution in [0.2, 0.25) is 0 Å². The molecule has 134 valence electrons. The van der Waals surface area contributed by atoms with Gasteiger partial charge in [0.25, 0.3) is 5.91 Å². The lowest BCUT2D eigenvalue weighted by Crippen LogP contribution is -2.21. The van der Waals surface area contributed by atoms with E-state index in [2.05, 4.69) is 46.5 Å². The number of nitrogens with one attached hydrogen (secondary N) is 1. The monoisotopic (exact) mass is 373 g/mol. The molecule has 0 fully saturated rings. The molecule has 2 heterocycles. The highest BCUT2D eigenvalue weighted by Crippen LogP contribution is 2.25.